The van der Waals surface area contributed by atoms with Crippen molar-refractivity contribution in [1.29, 1.82) is 0 Å². The number of nitrogens with zero attached hydrogens (tertiary/aromatic N) is 2. The fraction of sp³-hybridized carbons (Fsp3) is 0.417. The summed E-state index contributed by atoms with van der Waals surface area (Å²) in [5, 5.41) is 6.54. The van der Waals surface area contributed by atoms with Crippen molar-refractivity contribution in [2.24, 2.45) is 5.10 Å². The van der Waals surface area contributed by atoms with Crippen LogP contribution in [0, 0.1) is 0 Å². The Kier molecular flexibility index (Phi) is 2.06. The number of hydrogen-bond donors (Lipinski definition) is 0. The highest BCUT2D eigenvalue weighted by atomic mass is 15.5. The highest BCUT2D eigenvalue weighted by Crippen LogP contribution is 2.35. The fourth-order valence-corrected chi connectivity index (χ4v) is 2.10. The van der Waals surface area contributed by atoms with Gasteiger partial charge < -0.3 is 0 Å². The Morgan fingerprint density at radius 1 is 1.29 bits per heavy atom. The zero-order chi connectivity index (χ0) is 10.2. The van der Waals surface area contributed by atoms with E-state index >= 15 is 0 Å². The molecule has 2 heteroatoms. The van der Waals surface area contributed by atoms with Gasteiger partial charge in [0.05, 0.1) is 5.54 Å². The van der Waals surface area contributed by atoms with Gasteiger partial charge in [-0.1, -0.05) is 30.3 Å². The van der Waals surface area contributed by atoms with Crippen LogP contribution in [0.3, 0.4) is 0 Å². The first kappa shape index (κ1) is 9.25. The fourth-order valence-electron chi connectivity index (χ4n) is 2.10. The van der Waals surface area contributed by atoms with Crippen molar-refractivity contribution < 1.29 is 0 Å². The van der Waals surface area contributed by atoms with E-state index in [9.17, 15) is 0 Å². The highest BCUT2D eigenvalue weighted by molar-refractivity contribution is 5.84. The Morgan fingerprint density at radius 2 is 1.93 bits per heavy atom. The third-order valence-corrected chi connectivity index (χ3v) is 3.03. The molecule has 0 N–H and O–H groups in total. The van der Waals surface area contributed by atoms with Gasteiger partial charge in [-0.2, -0.15) is 5.10 Å². The molecule has 0 aliphatic carbocycles. The van der Waals surface area contributed by atoms with Gasteiger partial charge in [0.25, 0.3) is 0 Å². The lowest BCUT2D eigenvalue weighted by Gasteiger charge is -2.32. The van der Waals surface area contributed by atoms with Crippen LogP contribution >= 0.6 is 0 Å². The van der Waals surface area contributed by atoms with Gasteiger partial charge in [-0.3, -0.25) is 5.01 Å². The van der Waals surface area contributed by atoms with Crippen molar-refractivity contribution in [1.82, 2.24) is 5.01 Å². The molecule has 1 aromatic carbocycles. The molecule has 0 radical (unpaired) electrons. The molecule has 74 valence electrons. The Morgan fingerprint density at radius 3 is 2.43 bits per heavy atom. The molecule has 2 rings (SSSR count). The molecule has 1 atom stereocenters. The maximum Gasteiger partial charge on any atom is 0.0848 e. The van der Waals surface area contributed by atoms with Gasteiger partial charge in [0.15, 0.2) is 0 Å². The van der Waals surface area contributed by atoms with Crippen molar-refractivity contribution in [3.8, 4) is 0 Å². The molecule has 0 saturated heterocycles. The molecule has 0 amide bonds. The van der Waals surface area contributed by atoms with E-state index in [1.165, 1.54) is 11.3 Å². The van der Waals surface area contributed by atoms with E-state index in [0.29, 0.717) is 0 Å². The van der Waals surface area contributed by atoms with Crippen LogP contribution < -0.4 is 0 Å². The van der Waals surface area contributed by atoms with Gasteiger partial charge in [0.2, 0.25) is 0 Å². The summed E-state index contributed by atoms with van der Waals surface area (Å²) in [6.45, 7) is 4.33. The molecular weight excluding hydrogens is 172 g/mol. The van der Waals surface area contributed by atoms with Crippen molar-refractivity contribution >= 4 is 5.71 Å². The summed E-state index contributed by atoms with van der Waals surface area (Å²) < 4.78 is 0. The van der Waals surface area contributed by atoms with Gasteiger partial charge in [-0.05, 0) is 19.4 Å². The van der Waals surface area contributed by atoms with Crippen LogP contribution in [-0.4, -0.2) is 17.8 Å². The SMILES string of the molecule is CC1=NN(C)C(C)(c2ccccc2)C1. The highest BCUT2D eigenvalue weighted by Gasteiger charge is 2.35. The third-order valence-electron chi connectivity index (χ3n) is 3.03. The Balaban J connectivity index is 2.36. The van der Waals surface area contributed by atoms with Gasteiger partial charge in [0, 0.05) is 19.2 Å². The van der Waals surface area contributed by atoms with Gasteiger partial charge >= 0.3 is 0 Å². The minimum absolute atomic E-state index is 0.0470. The van der Waals surface area contributed by atoms with Crippen molar-refractivity contribution in [3.63, 3.8) is 0 Å². The van der Waals surface area contributed by atoms with Gasteiger partial charge in [-0.15, -0.1) is 0 Å². The summed E-state index contributed by atoms with van der Waals surface area (Å²) in [6.07, 6.45) is 1.02. The molecule has 0 bridgehead atoms. The maximum atomic E-state index is 4.47. The topological polar surface area (TPSA) is 15.6 Å². The van der Waals surface area contributed by atoms with Crippen LogP contribution in [0.5, 0.6) is 0 Å². The molecule has 1 aliphatic heterocycles. The summed E-state index contributed by atoms with van der Waals surface area (Å²) >= 11 is 0. The predicted octanol–water partition coefficient (Wildman–Crippen LogP) is 2.61. The van der Waals surface area contributed by atoms with Gasteiger partial charge in [-0.25, -0.2) is 0 Å². The number of hydrogen-bond acceptors (Lipinski definition) is 2. The average molecular weight is 188 g/mol. The molecule has 2 nitrogen and oxygen atoms in total. The van der Waals surface area contributed by atoms with Crippen LogP contribution in [0.25, 0.3) is 0 Å². The zero-order valence-electron chi connectivity index (χ0n) is 8.99. The van der Waals surface area contributed by atoms with E-state index in [1.54, 1.807) is 0 Å². The zero-order valence-corrected chi connectivity index (χ0v) is 8.99. The standard InChI is InChI=1S/C12H16N2/c1-10-9-12(2,14(3)13-10)11-7-5-4-6-8-11/h4-8H,9H2,1-3H3. The first-order chi connectivity index (χ1) is 6.63. The summed E-state index contributed by atoms with van der Waals surface area (Å²) in [4.78, 5) is 0. The quantitative estimate of drug-likeness (QED) is 0.661. The lowest BCUT2D eigenvalue weighted by molar-refractivity contribution is 0.174. The normalized spacial score (nSPS) is 26.5. The summed E-state index contributed by atoms with van der Waals surface area (Å²) in [6, 6.07) is 10.6. The van der Waals surface area contributed by atoms with Crippen molar-refractivity contribution in [2.75, 3.05) is 7.05 Å². The van der Waals surface area contributed by atoms with E-state index in [2.05, 4.69) is 54.3 Å². The van der Waals surface area contributed by atoms with Gasteiger partial charge in [0.1, 0.15) is 0 Å². The summed E-state index contributed by atoms with van der Waals surface area (Å²) in [5.74, 6) is 0. The van der Waals surface area contributed by atoms with Crippen molar-refractivity contribution in [3.05, 3.63) is 35.9 Å². The second-order valence-electron chi connectivity index (χ2n) is 4.18. The van der Waals surface area contributed by atoms with Crippen LogP contribution in [0.2, 0.25) is 0 Å². The molecular formula is C12H16N2. The second-order valence-corrected chi connectivity index (χ2v) is 4.18. The molecule has 1 heterocycles. The van der Waals surface area contributed by atoms with Crippen LogP contribution in [-0.2, 0) is 5.54 Å². The van der Waals surface area contributed by atoms with Crippen LogP contribution in [0.15, 0.2) is 35.4 Å². The Labute approximate surface area is 85.2 Å². The predicted molar refractivity (Wildman–Crippen MR) is 59.3 cm³/mol. The molecule has 1 aromatic rings. The number of benzene rings is 1. The molecule has 0 spiro atoms. The van der Waals surface area contributed by atoms with E-state index in [-0.39, 0.29) is 5.54 Å². The van der Waals surface area contributed by atoms with E-state index in [0.717, 1.165) is 6.42 Å². The maximum absolute atomic E-state index is 4.47. The first-order valence-corrected chi connectivity index (χ1v) is 4.96. The van der Waals surface area contributed by atoms with E-state index in [1.807, 2.05) is 7.05 Å². The van der Waals surface area contributed by atoms with E-state index < -0.39 is 0 Å². The monoisotopic (exact) mass is 188 g/mol. The van der Waals surface area contributed by atoms with Crippen molar-refractivity contribution in [2.45, 2.75) is 25.8 Å². The molecule has 0 saturated carbocycles. The minimum Gasteiger partial charge on any atom is -0.290 e. The van der Waals surface area contributed by atoms with E-state index in [4.69, 9.17) is 0 Å². The van der Waals surface area contributed by atoms with Crippen LogP contribution in [0.4, 0.5) is 0 Å². The minimum atomic E-state index is 0.0470. The lowest BCUT2D eigenvalue weighted by atomic mass is 9.88. The number of hydrazone groups is 1. The second kappa shape index (κ2) is 3.12. The average Bonchev–Trinajstić information content (AvgIpc) is 2.43. The summed E-state index contributed by atoms with van der Waals surface area (Å²) in [7, 11) is 2.05. The van der Waals surface area contributed by atoms with Crippen LogP contribution in [0.1, 0.15) is 25.8 Å². The Bertz CT molecular complexity index is 356. The molecule has 0 aromatic heterocycles. The number of rotatable bonds is 1. The molecule has 1 aliphatic rings. The largest absolute Gasteiger partial charge is 0.290 e. The molecule has 0 fully saturated rings. The summed E-state index contributed by atoms with van der Waals surface area (Å²) in [5.41, 5.74) is 2.59. The third kappa shape index (κ3) is 1.31. The first-order valence-electron chi connectivity index (χ1n) is 4.96. The Hall–Kier alpha value is -1.31. The molecule has 14 heavy (non-hydrogen) atoms. The smallest absolute Gasteiger partial charge is 0.0848 e. The molecule has 1 unspecified atom stereocenters. The lowest BCUT2D eigenvalue weighted by Crippen LogP contribution is -2.34.